The number of benzene rings is 2. The van der Waals surface area contributed by atoms with Crippen molar-refractivity contribution in [2.24, 2.45) is 0 Å². The molecule has 0 atom stereocenters. The molecular formula is C15H10O5. The maximum Gasteiger partial charge on any atom is 0.338 e. The second-order valence-electron chi connectivity index (χ2n) is 4.29. The Morgan fingerprint density at radius 1 is 1.25 bits per heavy atom. The molecule has 0 unspecified atom stereocenters. The third-order valence-corrected chi connectivity index (χ3v) is 3.12. The highest BCUT2D eigenvalue weighted by Gasteiger charge is 2.18. The van der Waals surface area contributed by atoms with Crippen LogP contribution in [0.2, 0.25) is 0 Å². The molecule has 0 aliphatic heterocycles. The number of phenolic OH excluding ortho intramolecular Hbond substituents is 1. The lowest BCUT2D eigenvalue weighted by molar-refractivity contribution is 0.0602. The van der Waals surface area contributed by atoms with Gasteiger partial charge in [0, 0.05) is 11.5 Å². The van der Waals surface area contributed by atoms with E-state index >= 15 is 0 Å². The summed E-state index contributed by atoms with van der Waals surface area (Å²) in [6.45, 7) is 0. The van der Waals surface area contributed by atoms with Crippen LogP contribution in [-0.4, -0.2) is 18.2 Å². The van der Waals surface area contributed by atoms with Crippen molar-refractivity contribution in [2.45, 2.75) is 0 Å². The first-order chi connectivity index (χ1) is 9.61. The topological polar surface area (TPSA) is 76.7 Å². The van der Waals surface area contributed by atoms with Gasteiger partial charge in [0.25, 0.3) is 0 Å². The molecule has 0 aliphatic rings. The molecule has 20 heavy (non-hydrogen) atoms. The van der Waals surface area contributed by atoms with Crippen LogP contribution in [-0.2, 0) is 4.74 Å². The van der Waals surface area contributed by atoms with Crippen LogP contribution >= 0.6 is 0 Å². The molecule has 0 radical (unpaired) electrons. The number of ether oxygens (including phenoxy) is 1. The van der Waals surface area contributed by atoms with Crippen molar-refractivity contribution in [3.63, 3.8) is 0 Å². The first-order valence-electron chi connectivity index (χ1n) is 5.88. The van der Waals surface area contributed by atoms with E-state index in [0.717, 1.165) is 11.5 Å². The standard InChI is InChI=1S/C15H10O5/c1-19-15(18)10-7-12(17)20-14-11(16)6-8-4-2-3-5-9(8)13(10)14/h2-7,16H,1H3. The van der Waals surface area contributed by atoms with E-state index in [1.165, 1.54) is 13.2 Å². The van der Waals surface area contributed by atoms with Gasteiger partial charge in [-0.2, -0.15) is 0 Å². The number of carbonyl (C=O) groups excluding carboxylic acids is 1. The fraction of sp³-hybridized carbons (Fsp3) is 0.0667. The highest BCUT2D eigenvalue weighted by molar-refractivity contribution is 6.16. The Kier molecular flexibility index (Phi) is 2.68. The lowest BCUT2D eigenvalue weighted by Gasteiger charge is -2.08. The number of rotatable bonds is 1. The van der Waals surface area contributed by atoms with Crippen LogP contribution in [0.15, 0.2) is 45.6 Å². The highest BCUT2D eigenvalue weighted by atomic mass is 16.5. The van der Waals surface area contributed by atoms with Gasteiger partial charge in [0.2, 0.25) is 0 Å². The van der Waals surface area contributed by atoms with Crippen molar-refractivity contribution in [3.05, 3.63) is 52.4 Å². The second kappa shape index (κ2) is 4.38. The number of phenols is 1. The molecule has 2 aromatic carbocycles. The zero-order valence-corrected chi connectivity index (χ0v) is 10.5. The van der Waals surface area contributed by atoms with Gasteiger partial charge in [-0.25, -0.2) is 9.59 Å². The molecular weight excluding hydrogens is 260 g/mol. The summed E-state index contributed by atoms with van der Waals surface area (Å²) in [4.78, 5) is 23.4. The summed E-state index contributed by atoms with van der Waals surface area (Å²) < 4.78 is 9.71. The first-order valence-corrected chi connectivity index (χ1v) is 5.88. The van der Waals surface area contributed by atoms with E-state index in [1.54, 1.807) is 18.2 Å². The molecule has 3 rings (SSSR count). The predicted octanol–water partition coefficient (Wildman–Crippen LogP) is 2.44. The lowest BCUT2D eigenvalue weighted by atomic mass is 10.0. The molecule has 5 heteroatoms. The molecule has 5 nitrogen and oxygen atoms in total. The lowest BCUT2D eigenvalue weighted by Crippen LogP contribution is -2.08. The third kappa shape index (κ3) is 1.72. The molecule has 1 N–H and O–H groups in total. The molecule has 0 fully saturated rings. The quantitative estimate of drug-likeness (QED) is 0.417. The zero-order valence-electron chi connectivity index (χ0n) is 10.5. The van der Waals surface area contributed by atoms with Gasteiger partial charge in [-0.1, -0.05) is 24.3 Å². The Hall–Kier alpha value is -2.82. The van der Waals surface area contributed by atoms with Gasteiger partial charge in [0.15, 0.2) is 11.3 Å². The summed E-state index contributed by atoms with van der Waals surface area (Å²) in [6, 6.07) is 9.74. The Bertz CT molecular complexity index is 892. The molecule has 0 saturated carbocycles. The van der Waals surface area contributed by atoms with E-state index in [2.05, 4.69) is 4.74 Å². The maximum atomic E-state index is 11.9. The minimum Gasteiger partial charge on any atom is -0.504 e. The molecule has 0 amide bonds. The summed E-state index contributed by atoms with van der Waals surface area (Å²) in [6.07, 6.45) is 0. The number of methoxy groups -OCH3 is 1. The number of esters is 1. The van der Waals surface area contributed by atoms with Crippen molar-refractivity contribution in [2.75, 3.05) is 7.11 Å². The molecule has 1 heterocycles. The van der Waals surface area contributed by atoms with Crippen LogP contribution in [0.1, 0.15) is 10.4 Å². The van der Waals surface area contributed by atoms with Gasteiger partial charge in [-0.15, -0.1) is 0 Å². The summed E-state index contributed by atoms with van der Waals surface area (Å²) in [5.41, 5.74) is -0.661. The van der Waals surface area contributed by atoms with Crippen LogP contribution in [0.4, 0.5) is 0 Å². The number of aromatic hydroxyl groups is 1. The van der Waals surface area contributed by atoms with E-state index in [-0.39, 0.29) is 16.9 Å². The van der Waals surface area contributed by atoms with Gasteiger partial charge < -0.3 is 14.3 Å². The van der Waals surface area contributed by atoms with Crippen LogP contribution < -0.4 is 5.63 Å². The number of hydrogen-bond acceptors (Lipinski definition) is 5. The van der Waals surface area contributed by atoms with Gasteiger partial charge in [0.1, 0.15) is 0 Å². The molecule has 1 aromatic heterocycles. The molecule has 0 bridgehead atoms. The van der Waals surface area contributed by atoms with Crippen molar-refractivity contribution < 1.29 is 19.1 Å². The number of carbonyl (C=O) groups is 1. The molecule has 0 saturated heterocycles. The Morgan fingerprint density at radius 3 is 2.75 bits per heavy atom. The van der Waals surface area contributed by atoms with Crippen molar-refractivity contribution >= 4 is 27.7 Å². The zero-order chi connectivity index (χ0) is 14.3. The number of hydrogen-bond donors (Lipinski definition) is 1. The van der Waals surface area contributed by atoms with Crippen LogP contribution in [0.5, 0.6) is 5.75 Å². The molecule has 100 valence electrons. The van der Waals surface area contributed by atoms with E-state index < -0.39 is 11.6 Å². The summed E-state index contributed by atoms with van der Waals surface area (Å²) in [7, 11) is 1.23. The van der Waals surface area contributed by atoms with Crippen LogP contribution in [0.25, 0.3) is 21.7 Å². The van der Waals surface area contributed by atoms with E-state index in [4.69, 9.17) is 4.42 Å². The molecule has 0 spiro atoms. The van der Waals surface area contributed by atoms with Gasteiger partial charge in [0.05, 0.1) is 12.7 Å². The van der Waals surface area contributed by atoms with Crippen molar-refractivity contribution in [3.8, 4) is 5.75 Å². The fourth-order valence-corrected chi connectivity index (χ4v) is 2.28. The van der Waals surface area contributed by atoms with E-state index in [0.29, 0.717) is 10.8 Å². The molecule has 3 aromatic rings. The van der Waals surface area contributed by atoms with Gasteiger partial charge >= 0.3 is 11.6 Å². The highest BCUT2D eigenvalue weighted by Crippen LogP contribution is 2.34. The third-order valence-electron chi connectivity index (χ3n) is 3.12. The first kappa shape index (κ1) is 12.2. The van der Waals surface area contributed by atoms with E-state index in [1.807, 2.05) is 6.07 Å². The number of fused-ring (bicyclic) bond motifs is 3. The fourth-order valence-electron chi connectivity index (χ4n) is 2.28. The second-order valence-corrected chi connectivity index (χ2v) is 4.29. The average Bonchev–Trinajstić information content (AvgIpc) is 2.46. The van der Waals surface area contributed by atoms with Gasteiger partial charge in [-0.3, -0.25) is 0 Å². The Labute approximate surface area is 113 Å². The smallest absolute Gasteiger partial charge is 0.338 e. The van der Waals surface area contributed by atoms with Crippen molar-refractivity contribution in [1.29, 1.82) is 0 Å². The van der Waals surface area contributed by atoms with Crippen molar-refractivity contribution in [1.82, 2.24) is 0 Å². The Morgan fingerprint density at radius 2 is 2.00 bits per heavy atom. The summed E-state index contributed by atoms with van der Waals surface area (Å²) in [5.74, 6) is -0.847. The minimum atomic E-state index is -0.719. The summed E-state index contributed by atoms with van der Waals surface area (Å²) in [5, 5.41) is 11.8. The average molecular weight is 270 g/mol. The van der Waals surface area contributed by atoms with Crippen LogP contribution in [0.3, 0.4) is 0 Å². The monoisotopic (exact) mass is 270 g/mol. The van der Waals surface area contributed by atoms with Gasteiger partial charge in [-0.05, 0) is 16.8 Å². The summed E-state index contributed by atoms with van der Waals surface area (Å²) >= 11 is 0. The molecule has 0 aliphatic carbocycles. The van der Waals surface area contributed by atoms with Crippen LogP contribution in [0, 0.1) is 0 Å². The minimum absolute atomic E-state index is 0.0170. The van der Waals surface area contributed by atoms with E-state index in [9.17, 15) is 14.7 Å². The predicted molar refractivity (Wildman–Crippen MR) is 73.0 cm³/mol. The normalized spacial score (nSPS) is 10.8. The maximum absolute atomic E-state index is 11.9. The Balaban J connectivity index is 2.62. The SMILES string of the molecule is COC(=O)c1cc(=O)oc2c(O)cc3ccccc3c12. The largest absolute Gasteiger partial charge is 0.504 e.